The molecule has 0 aliphatic heterocycles. The van der Waals surface area contributed by atoms with E-state index >= 15 is 0 Å². The molecule has 0 heterocycles. The van der Waals surface area contributed by atoms with E-state index < -0.39 is 23.0 Å². The van der Waals surface area contributed by atoms with Crippen LogP contribution in [0.3, 0.4) is 0 Å². The highest BCUT2D eigenvalue weighted by atomic mass is 16.4. The Hall–Kier alpha value is -1.45. The van der Waals surface area contributed by atoms with Crippen LogP contribution in [0.25, 0.3) is 0 Å². The van der Waals surface area contributed by atoms with E-state index in [0.29, 0.717) is 31.6 Å². The summed E-state index contributed by atoms with van der Waals surface area (Å²) in [5, 5.41) is 12.6. The molecule has 8 N–H and O–H groups in total. The Labute approximate surface area is 143 Å². The van der Waals surface area contributed by atoms with E-state index in [1.807, 2.05) is 0 Å². The standard InChI is InChI=1S/C15H29BN4O4/c16-4-3-10-1-2-11(15(19,5-10)13(23)24)7-20-8-14(18,9-21)6-12(17)22/h9-11,20H,1-8,16,18-19H2,(H2,17,22)(H,23,24)/t10-,11-,14+,15+/m0/s1. The quantitative estimate of drug-likeness (QED) is 0.227. The van der Waals surface area contributed by atoms with Gasteiger partial charge in [0, 0.05) is 19.0 Å². The molecule has 0 aromatic carbocycles. The molecule has 9 heteroatoms. The van der Waals surface area contributed by atoms with E-state index in [1.54, 1.807) is 0 Å². The third-order valence-electron chi connectivity index (χ3n) is 4.96. The Kier molecular flexibility index (Phi) is 7.38. The van der Waals surface area contributed by atoms with Crippen LogP contribution in [0.4, 0.5) is 0 Å². The highest BCUT2D eigenvalue weighted by Crippen LogP contribution is 2.37. The summed E-state index contributed by atoms with van der Waals surface area (Å²) in [6.07, 6.45) is 4.30. The molecule has 0 bridgehead atoms. The van der Waals surface area contributed by atoms with Gasteiger partial charge in [-0.2, -0.15) is 0 Å². The number of carbonyl (C=O) groups is 3. The van der Waals surface area contributed by atoms with Crippen LogP contribution in [0.1, 0.15) is 32.1 Å². The first-order valence-electron chi connectivity index (χ1n) is 8.43. The van der Waals surface area contributed by atoms with Crippen molar-refractivity contribution >= 4 is 26.0 Å². The third-order valence-corrected chi connectivity index (χ3v) is 4.96. The number of aliphatic carboxylic acids is 1. The summed E-state index contributed by atoms with van der Waals surface area (Å²) >= 11 is 0. The predicted octanol–water partition coefficient (Wildman–Crippen LogP) is -2.01. The lowest BCUT2D eigenvalue weighted by molar-refractivity contribution is -0.148. The number of hydrogen-bond donors (Lipinski definition) is 5. The van der Waals surface area contributed by atoms with Gasteiger partial charge < -0.3 is 32.4 Å². The summed E-state index contributed by atoms with van der Waals surface area (Å²) in [7, 11) is 2.08. The fraction of sp³-hybridized carbons (Fsp3) is 0.800. The van der Waals surface area contributed by atoms with Crippen LogP contribution in [0.15, 0.2) is 0 Å². The Morgan fingerprint density at radius 1 is 1.42 bits per heavy atom. The van der Waals surface area contributed by atoms with Crippen molar-refractivity contribution in [2.24, 2.45) is 29.0 Å². The van der Waals surface area contributed by atoms with Gasteiger partial charge in [0.2, 0.25) is 5.91 Å². The van der Waals surface area contributed by atoms with Crippen LogP contribution in [-0.4, -0.2) is 55.3 Å². The van der Waals surface area contributed by atoms with E-state index in [9.17, 15) is 19.5 Å². The lowest BCUT2D eigenvalue weighted by atomic mass is 9.67. The first-order valence-corrected chi connectivity index (χ1v) is 8.43. The predicted molar refractivity (Wildman–Crippen MR) is 93.0 cm³/mol. The average Bonchev–Trinajstić information content (AvgIpc) is 2.49. The lowest BCUT2D eigenvalue weighted by Gasteiger charge is -2.42. The number of carboxylic acids is 1. The number of nitrogens with one attached hydrogen (secondary N) is 1. The molecule has 4 atom stereocenters. The second-order valence-electron chi connectivity index (χ2n) is 7.10. The third kappa shape index (κ3) is 5.29. The van der Waals surface area contributed by atoms with E-state index in [-0.39, 0.29) is 18.9 Å². The average molecular weight is 340 g/mol. The minimum Gasteiger partial charge on any atom is -0.480 e. The highest BCUT2D eigenvalue weighted by molar-refractivity contribution is 6.08. The van der Waals surface area contributed by atoms with E-state index in [1.165, 1.54) is 0 Å². The molecule has 136 valence electrons. The van der Waals surface area contributed by atoms with Gasteiger partial charge in [0.25, 0.3) is 0 Å². The highest BCUT2D eigenvalue weighted by Gasteiger charge is 2.46. The fourth-order valence-corrected chi connectivity index (χ4v) is 3.59. The fourth-order valence-electron chi connectivity index (χ4n) is 3.59. The van der Waals surface area contributed by atoms with Crippen LogP contribution in [-0.2, 0) is 14.4 Å². The first-order chi connectivity index (χ1) is 11.2. The van der Waals surface area contributed by atoms with E-state index in [4.69, 9.17) is 17.2 Å². The molecule has 1 rings (SSSR count). The summed E-state index contributed by atoms with van der Waals surface area (Å²) in [5.74, 6) is -1.59. The van der Waals surface area contributed by atoms with Gasteiger partial charge in [-0.15, -0.1) is 0 Å². The van der Waals surface area contributed by atoms with Crippen molar-refractivity contribution in [3.8, 4) is 0 Å². The van der Waals surface area contributed by atoms with Crippen LogP contribution < -0.4 is 22.5 Å². The SMILES string of the molecule is BCC[C@@H]1CC[C@@H](CNC[C@@](N)(C=O)CC(N)=O)[C@@](N)(C(=O)O)C1. The monoisotopic (exact) mass is 340 g/mol. The molecule has 1 aliphatic carbocycles. The zero-order valence-electron chi connectivity index (χ0n) is 14.3. The zero-order chi connectivity index (χ0) is 18.4. The van der Waals surface area contributed by atoms with Gasteiger partial charge in [0.05, 0.1) is 12.0 Å². The van der Waals surface area contributed by atoms with Gasteiger partial charge >= 0.3 is 5.97 Å². The number of nitrogens with two attached hydrogens (primary N) is 3. The first kappa shape index (κ1) is 20.6. The molecule has 1 fully saturated rings. The second-order valence-corrected chi connectivity index (χ2v) is 7.10. The molecule has 0 aromatic rings. The maximum Gasteiger partial charge on any atom is 0.324 e. The van der Waals surface area contributed by atoms with Crippen molar-refractivity contribution in [3.63, 3.8) is 0 Å². The summed E-state index contributed by atoms with van der Waals surface area (Å²) in [6, 6.07) is 0. The minimum atomic E-state index is -1.38. The topological polar surface area (TPSA) is 162 Å². The number of aldehydes is 1. The zero-order valence-corrected chi connectivity index (χ0v) is 14.3. The minimum absolute atomic E-state index is 0.0457. The molecule has 0 aromatic heterocycles. The Morgan fingerprint density at radius 3 is 2.58 bits per heavy atom. The van der Waals surface area contributed by atoms with Crippen molar-refractivity contribution in [1.29, 1.82) is 0 Å². The number of amides is 1. The Morgan fingerprint density at radius 2 is 2.08 bits per heavy atom. The summed E-state index contributed by atoms with van der Waals surface area (Å²) < 4.78 is 0. The second kappa shape index (κ2) is 8.59. The molecule has 8 nitrogen and oxygen atoms in total. The maximum absolute atomic E-state index is 11.7. The Balaban J connectivity index is 2.67. The molecular weight excluding hydrogens is 311 g/mol. The van der Waals surface area contributed by atoms with Crippen LogP contribution in [0.2, 0.25) is 6.32 Å². The van der Waals surface area contributed by atoms with Crippen molar-refractivity contribution in [2.45, 2.75) is 49.5 Å². The van der Waals surface area contributed by atoms with Crippen molar-refractivity contribution in [1.82, 2.24) is 5.32 Å². The molecule has 1 aliphatic rings. The Bertz CT molecular complexity index is 478. The van der Waals surface area contributed by atoms with Crippen molar-refractivity contribution < 1.29 is 19.5 Å². The van der Waals surface area contributed by atoms with Crippen molar-refractivity contribution in [2.75, 3.05) is 13.1 Å². The summed E-state index contributed by atoms with van der Waals surface area (Å²) in [4.78, 5) is 33.8. The van der Waals surface area contributed by atoms with Crippen LogP contribution >= 0.6 is 0 Å². The van der Waals surface area contributed by atoms with Gasteiger partial charge in [-0.1, -0.05) is 12.7 Å². The number of rotatable bonds is 10. The molecule has 0 unspecified atom stereocenters. The maximum atomic E-state index is 11.7. The number of primary amides is 1. The summed E-state index contributed by atoms with van der Waals surface area (Å²) in [6.45, 7) is 0.372. The molecule has 1 amide bonds. The van der Waals surface area contributed by atoms with E-state index in [0.717, 1.165) is 19.2 Å². The van der Waals surface area contributed by atoms with Gasteiger partial charge in [-0.3, -0.25) is 9.59 Å². The molecular formula is C15H29BN4O4. The molecule has 1 saturated carbocycles. The van der Waals surface area contributed by atoms with Gasteiger partial charge in [0.15, 0.2) is 0 Å². The lowest BCUT2D eigenvalue weighted by Crippen LogP contribution is -2.61. The molecule has 0 radical (unpaired) electrons. The smallest absolute Gasteiger partial charge is 0.324 e. The molecule has 0 saturated heterocycles. The number of hydrogen-bond acceptors (Lipinski definition) is 6. The molecule has 24 heavy (non-hydrogen) atoms. The van der Waals surface area contributed by atoms with Crippen LogP contribution in [0.5, 0.6) is 0 Å². The van der Waals surface area contributed by atoms with Crippen LogP contribution in [0, 0.1) is 11.8 Å². The number of carbonyl (C=O) groups excluding carboxylic acids is 2. The molecule has 0 spiro atoms. The largest absolute Gasteiger partial charge is 0.480 e. The van der Waals surface area contributed by atoms with E-state index in [2.05, 4.69) is 13.2 Å². The van der Waals surface area contributed by atoms with Gasteiger partial charge in [-0.05, 0) is 25.2 Å². The van der Waals surface area contributed by atoms with Crippen molar-refractivity contribution in [3.05, 3.63) is 0 Å². The van der Waals surface area contributed by atoms with Gasteiger partial charge in [0.1, 0.15) is 19.7 Å². The number of carboxylic acid groups (broad SMARTS) is 1. The van der Waals surface area contributed by atoms with Gasteiger partial charge in [-0.25, -0.2) is 0 Å². The summed E-state index contributed by atoms with van der Waals surface area (Å²) in [5.41, 5.74) is 14.5. The normalized spacial score (nSPS) is 29.6.